The van der Waals surface area contributed by atoms with E-state index in [0.717, 1.165) is 12.0 Å². The molecule has 114 valence electrons. The Labute approximate surface area is 128 Å². The molecule has 0 amide bonds. The van der Waals surface area contributed by atoms with Gasteiger partial charge in [-0.3, -0.25) is 0 Å². The number of benzene rings is 1. The Morgan fingerprint density at radius 1 is 1.41 bits per heavy atom. The number of carboxylic acids is 1. The van der Waals surface area contributed by atoms with E-state index in [2.05, 4.69) is 13.0 Å². The van der Waals surface area contributed by atoms with Gasteiger partial charge in [-0.1, -0.05) is 31.2 Å². The number of rotatable bonds is 4. The van der Waals surface area contributed by atoms with Gasteiger partial charge in [0.05, 0.1) is 5.97 Å². The van der Waals surface area contributed by atoms with Crippen molar-refractivity contribution < 1.29 is 19.4 Å². The third-order valence-corrected chi connectivity index (χ3v) is 3.18. The number of nitrogen functional groups attached to an aromatic ring is 1. The molecule has 1 atom stereocenters. The average Bonchev–Trinajstić information content (AvgIpc) is 2.45. The SMILES string of the molecule is CC1C=CC=C(/C=C/C(=O)Oc2cc(N)ccc2C(=O)[O-])C1. The third kappa shape index (κ3) is 4.09. The Hall–Kier alpha value is -2.82. The van der Waals surface area contributed by atoms with Gasteiger partial charge in [-0.15, -0.1) is 0 Å². The number of hydrogen-bond donors (Lipinski definition) is 1. The first kappa shape index (κ1) is 15.6. The lowest BCUT2D eigenvalue weighted by atomic mass is 9.96. The van der Waals surface area contributed by atoms with Crippen molar-refractivity contribution >= 4 is 17.6 Å². The molecule has 0 aromatic heterocycles. The number of nitrogens with two attached hydrogens (primary N) is 1. The molecule has 1 unspecified atom stereocenters. The van der Waals surface area contributed by atoms with Gasteiger partial charge in [-0.25, -0.2) is 4.79 Å². The Morgan fingerprint density at radius 2 is 2.18 bits per heavy atom. The molecule has 0 fully saturated rings. The van der Waals surface area contributed by atoms with Crippen molar-refractivity contribution in [3.8, 4) is 5.75 Å². The van der Waals surface area contributed by atoms with Crippen LogP contribution in [-0.2, 0) is 4.79 Å². The molecular weight excluding hydrogens is 282 g/mol. The van der Waals surface area contributed by atoms with Crippen LogP contribution in [0.5, 0.6) is 5.75 Å². The summed E-state index contributed by atoms with van der Waals surface area (Å²) >= 11 is 0. The zero-order valence-corrected chi connectivity index (χ0v) is 12.1. The van der Waals surface area contributed by atoms with E-state index >= 15 is 0 Å². The smallest absolute Gasteiger partial charge is 0.336 e. The predicted molar refractivity (Wildman–Crippen MR) is 81.0 cm³/mol. The number of hydrogen-bond acceptors (Lipinski definition) is 5. The first-order valence-corrected chi connectivity index (χ1v) is 6.84. The number of aromatic carboxylic acids is 1. The normalized spacial score (nSPS) is 17.3. The maximum atomic E-state index is 11.8. The van der Waals surface area contributed by atoms with Crippen LogP contribution in [0.1, 0.15) is 23.7 Å². The Bertz CT molecular complexity index is 686. The fourth-order valence-corrected chi connectivity index (χ4v) is 2.11. The molecule has 0 saturated heterocycles. The molecule has 1 aromatic rings. The zero-order valence-electron chi connectivity index (χ0n) is 12.1. The summed E-state index contributed by atoms with van der Waals surface area (Å²) in [6.45, 7) is 2.08. The summed E-state index contributed by atoms with van der Waals surface area (Å²) in [7, 11) is 0. The molecule has 5 nitrogen and oxygen atoms in total. The summed E-state index contributed by atoms with van der Waals surface area (Å²) in [6, 6.07) is 3.92. The molecule has 1 aliphatic rings. The van der Waals surface area contributed by atoms with Crippen LogP contribution in [0, 0.1) is 5.92 Å². The molecule has 1 aliphatic carbocycles. The fourth-order valence-electron chi connectivity index (χ4n) is 2.11. The molecule has 0 bridgehead atoms. The van der Waals surface area contributed by atoms with Crippen molar-refractivity contribution in [2.45, 2.75) is 13.3 Å². The Balaban J connectivity index is 2.09. The van der Waals surface area contributed by atoms with Gasteiger partial charge in [0, 0.05) is 23.4 Å². The Kier molecular flexibility index (Phi) is 4.78. The van der Waals surface area contributed by atoms with E-state index in [0.29, 0.717) is 11.6 Å². The summed E-state index contributed by atoms with van der Waals surface area (Å²) < 4.78 is 5.03. The van der Waals surface area contributed by atoms with Gasteiger partial charge < -0.3 is 20.4 Å². The second kappa shape index (κ2) is 6.76. The van der Waals surface area contributed by atoms with Gasteiger partial charge in [0.25, 0.3) is 0 Å². The number of carboxylic acid groups (broad SMARTS) is 1. The van der Waals surface area contributed by atoms with Gasteiger partial charge in [0.15, 0.2) is 0 Å². The largest absolute Gasteiger partial charge is 0.545 e. The molecule has 2 rings (SSSR count). The van der Waals surface area contributed by atoms with Gasteiger partial charge in [-0.2, -0.15) is 0 Å². The van der Waals surface area contributed by atoms with E-state index < -0.39 is 11.9 Å². The average molecular weight is 298 g/mol. The van der Waals surface area contributed by atoms with Gasteiger partial charge >= 0.3 is 5.97 Å². The Morgan fingerprint density at radius 3 is 2.86 bits per heavy atom. The molecule has 22 heavy (non-hydrogen) atoms. The van der Waals surface area contributed by atoms with E-state index in [4.69, 9.17) is 10.5 Å². The molecule has 2 N–H and O–H groups in total. The maximum Gasteiger partial charge on any atom is 0.336 e. The summed E-state index contributed by atoms with van der Waals surface area (Å²) in [4.78, 5) is 22.8. The van der Waals surface area contributed by atoms with Crippen LogP contribution in [0.15, 0.2) is 54.2 Å². The molecule has 5 heteroatoms. The highest BCUT2D eigenvalue weighted by Gasteiger charge is 2.10. The first-order chi connectivity index (χ1) is 10.5. The third-order valence-electron chi connectivity index (χ3n) is 3.18. The van der Waals surface area contributed by atoms with Gasteiger partial charge in [0.1, 0.15) is 5.75 Å². The number of ether oxygens (including phenoxy) is 1. The van der Waals surface area contributed by atoms with E-state index in [1.54, 1.807) is 6.08 Å². The van der Waals surface area contributed by atoms with E-state index in [1.165, 1.54) is 24.3 Å². The van der Waals surface area contributed by atoms with E-state index in [9.17, 15) is 14.7 Å². The van der Waals surface area contributed by atoms with Crippen molar-refractivity contribution in [3.05, 3.63) is 59.7 Å². The topological polar surface area (TPSA) is 92.5 Å². The summed E-state index contributed by atoms with van der Waals surface area (Å²) in [5.41, 5.74) is 6.65. The quantitative estimate of drug-likeness (QED) is 0.394. The summed E-state index contributed by atoms with van der Waals surface area (Å²) in [6.07, 6.45) is 9.69. The van der Waals surface area contributed by atoms with Crippen LogP contribution in [-0.4, -0.2) is 11.9 Å². The van der Waals surface area contributed by atoms with Crippen molar-refractivity contribution in [3.63, 3.8) is 0 Å². The summed E-state index contributed by atoms with van der Waals surface area (Å²) in [5, 5.41) is 11.0. The van der Waals surface area contributed by atoms with Crippen LogP contribution >= 0.6 is 0 Å². The monoisotopic (exact) mass is 298 g/mol. The first-order valence-electron chi connectivity index (χ1n) is 6.84. The lowest BCUT2D eigenvalue weighted by molar-refractivity contribution is -0.255. The molecule has 1 aromatic carbocycles. The van der Waals surface area contributed by atoms with Crippen molar-refractivity contribution in [1.82, 2.24) is 0 Å². The second-order valence-corrected chi connectivity index (χ2v) is 5.11. The molecular formula is C17H16NO4-. The number of carbonyl (C=O) groups is 2. The molecule has 0 spiro atoms. The van der Waals surface area contributed by atoms with Crippen molar-refractivity contribution in [2.24, 2.45) is 5.92 Å². The lowest BCUT2D eigenvalue weighted by Crippen LogP contribution is -2.23. The maximum absolute atomic E-state index is 11.8. The second-order valence-electron chi connectivity index (χ2n) is 5.11. The standard InChI is InChI=1S/C17H17NO4/c1-11-3-2-4-12(9-11)5-8-16(19)22-15-10-13(18)6-7-14(15)17(20)21/h2-8,10-11H,9,18H2,1H3,(H,20,21)/p-1/b8-5+. The van der Waals surface area contributed by atoms with Crippen molar-refractivity contribution in [1.29, 1.82) is 0 Å². The molecule has 0 saturated carbocycles. The minimum absolute atomic E-state index is 0.125. The molecule has 0 heterocycles. The highest BCUT2D eigenvalue weighted by Crippen LogP contribution is 2.22. The predicted octanol–water partition coefficient (Wildman–Crippen LogP) is 1.62. The van der Waals surface area contributed by atoms with E-state index in [-0.39, 0.29) is 11.3 Å². The van der Waals surface area contributed by atoms with Gasteiger partial charge in [0.2, 0.25) is 0 Å². The lowest BCUT2D eigenvalue weighted by Gasteiger charge is -2.11. The van der Waals surface area contributed by atoms with Crippen LogP contribution in [0.25, 0.3) is 0 Å². The van der Waals surface area contributed by atoms with Crippen LogP contribution in [0.2, 0.25) is 0 Å². The van der Waals surface area contributed by atoms with Crippen molar-refractivity contribution in [2.75, 3.05) is 5.73 Å². The number of esters is 1. The number of carbonyl (C=O) groups excluding carboxylic acids is 2. The van der Waals surface area contributed by atoms with Crippen LogP contribution in [0.4, 0.5) is 5.69 Å². The zero-order chi connectivity index (χ0) is 16.1. The number of anilines is 1. The molecule has 0 aliphatic heterocycles. The highest BCUT2D eigenvalue weighted by atomic mass is 16.5. The molecule has 0 radical (unpaired) electrons. The number of allylic oxidation sites excluding steroid dienone is 5. The fraction of sp³-hybridized carbons (Fsp3) is 0.176. The van der Waals surface area contributed by atoms with Crippen LogP contribution in [0.3, 0.4) is 0 Å². The minimum Gasteiger partial charge on any atom is -0.545 e. The van der Waals surface area contributed by atoms with Gasteiger partial charge in [-0.05, 0) is 30.0 Å². The highest BCUT2D eigenvalue weighted by molar-refractivity contribution is 5.92. The minimum atomic E-state index is -1.43. The van der Waals surface area contributed by atoms with E-state index in [1.807, 2.05) is 12.2 Å². The van der Waals surface area contributed by atoms with Crippen LogP contribution < -0.4 is 15.6 Å². The summed E-state index contributed by atoms with van der Waals surface area (Å²) in [5.74, 6) is -1.81.